The molecule has 98 valence electrons. The maximum Gasteiger partial charge on any atom is 0.138 e. The Kier molecular flexibility index (Phi) is 6.42. The highest BCUT2D eigenvalue weighted by Crippen LogP contribution is 2.11. The Labute approximate surface area is 109 Å². The SMILES string of the molecule is CCCCN(C)Cc1ccc(F)c(C#CCN)c1. The third-order valence-electron chi connectivity index (χ3n) is 2.70. The van der Waals surface area contributed by atoms with E-state index in [2.05, 4.69) is 30.7 Å². The highest BCUT2D eigenvalue weighted by atomic mass is 19.1. The number of hydrogen-bond acceptors (Lipinski definition) is 2. The van der Waals surface area contributed by atoms with Gasteiger partial charge in [-0.3, -0.25) is 0 Å². The Hall–Kier alpha value is -1.37. The molecule has 18 heavy (non-hydrogen) atoms. The largest absolute Gasteiger partial charge is 0.320 e. The summed E-state index contributed by atoms with van der Waals surface area (Å²) in [4.78, 5) is 2.23. The normalized spacial score (nSPS) is 10.3. The molecule has 1 aromatic carbocycles. The molecule has 0 radical (unpaired) electrons. The van der Waals surface area contributed by atoms with Crippen LogP contribution in [0.2, 0.25) is 0 Å². The number of hydrogen-bond donors (Lipinski definition) is 1. The van der Waals surface area contributed by atoms with E-state index in [1.54, 1.807) is 6.07 Å². The van der Waals surface area contributed by atoms with Crippen LogP contribution in [-0.2, 0) is 6.54 Å². The van der Waals surface area contributed by atoms with Crippen molar-refractivity contribution in [3.63, 3.8) is 0 Å². The van der Waals surface area contributed by atoms with Crippen molar-refractivity contribution in [2.75, 3.05) is 20.1 Å². The van der Waals surface area contributed by atoms with Crippen LogP contribution in [0.5, 0.6) is 0 Å². The van der Waals surface area contributed by atoms with Gasteiger partial charge in [0.05, 0.1) is 12.1 Å². The summed E-state index contributed by atoms with van der Waals surface area (Å²) in [5, 5.41) is 0. The van der Waals surface area contributed by atoms with Crippen LogP contribution in [0.15, 0.2) is 18.2 Å². The van der Waals surface area contributed by atoms with Gasteiger partial charge in [0, 0.05) is 6.54 Å². The molecular formula is C15H21FN2. The summed E-state index contributed by atoms with van der Waals surface area (Å²) in [6, 6.07) is 5.09. The molecular weight excluding hydrogens is 227 g/mol. The Bertz CT molecular complexity index is 432. The molecule has 0 unspecified atom stereocenters. The molecule has 0 atom stereocenters. The predicted octanol–water partition coefficient (Wildman–Crippen LogP) is 2.37. The van der Waals surface area contributed by atoms with E-state index in [0.717, 1.165) is 18.7 Å². The van der Waals surface area contributed by atoms with Crippen molar-refractivity contribution in [2.45, 2.75) is 26.3 Å². The molecule has 0 spiro atoms. The van der Waals surface area contributed by atoms with Crippen molar-refractivity contribution in [1.29, 1.82) is 0 Å². The maximum atomic E-state index is 13.5. The number of nitrogens with zero attached hydrogens (tertiary/aromatic N) is 1. The van der Waals surface area contributed by atoms with E-state index in [9.17, 15) is 4.39 Å². The van der Waals surface area contributed by atoms with Gasteiger partial charge in [0.1, 0.15) is 5.82 Å². The molecule has 0 aromatic heterocycles. The van der Waals surface area contributed by atoms with Crippen LogP contribution in [-0.4, -0.2) is 25.0 Å². The van der Waals surface area contributed by atoms with Crippen LogP contribution in [0.3, 0.4) is 0 Å². The van der Waals surface area contributed by atoms with Crippen molar-refractivity contribution in [3.05, 3.63) is 35.1 Å². The Morgan fingerprint density at radius 3 is 2.83 bits per heavy atom. The molecule has 1 aromatic rings. The van der Waals surface area contributed by atoms with Gasteiger partial charge in [-0.25, -0.2) is 4.39 Å². The molecule has 0 aliphatic heterocycles. The van der Waals surface area contributed by atoms with Crippen molar-refractivity contribution in [3.8, 4) is 11.8 Å². The van der Waals surface area contributed by atoms with Gasteiger partial charge >= 0.3 is 0 Å². The zero-order chi connectivity index (χ0) is 13.4. The molecule has 2 nitrogen and oxygen atoms in total. The fourth-order valence-corrected chi connectivity index (χ4v) is 1.73. The fourth-order valence-electron chi connectivity index (χ4n) is 1.73. The molecule has 2 N–H and O–H groups in total. The van der Waals surface area contributed by atoms with Crippen LogP contribution in [0.25, 0.3) is 0 Å². The van der Waals surface area contributed by atoms with Crippen LogP contribution in [0.1, 0.15) is 30.9 Å². The van der Waals surface area contributed by atoms with Crippen LogP contribution < -0.4 is 5.73 Å². The summed E-state index contributed by atoms with van der Waals surface area (Å²) in [7, 11) is 2.07. The number of halogens is 1. The lowest BCUT2D eigenvalue weighted by molar-refractivity contribution is 0.320. The van der Waals surface area contributed by atoms with E-state index in [-0.39, 0.29) is 12.4 Å². The minimum absolute atomic E-state index is 0.250. The first kappa shape index (κ1) is 14.7. The summed E-state index contributed by atoms with van der Waals surface area (Å²) in [6.07, 6.45) is 2.36. The summed E-state index contributed by atoms with van der Waals surface area (Å²) in [6.45, 7) is 4.29. The van der Waals surface area contributed by atoms with Gasteiger partial charge in [0.15, 0.2) is 0 Å². The summed E-state index contributed by atoms with van der Waals surface area (Å²) in [5.74, 6) is 5.16. The summed E-state index contributed by atoms with van der Waals surface area (Å²) >= 11 is 0. The van der Waals surface area contributed by atoms with E-state index in [1.807, 2.05) is 6.07 Å². The van der Waals surface area contributed by atoms with Gasteiger partial charge in [-0.05, 0) is 37.7 Å². The lowest BCUT2D eigenvalue weighted by atomic mass is 10.1. The smallest absolute Gasteiger partial charge is 0.138 e. The van der Waals surface area contributed by atoms with Crippen molar-refractivity contribution in [2.24, 2.45) is 5.73 Å². The molecule has 0 saturated heterocycles. The average molecular weight is 248 g/mol. The zero-order valence-electron chi connectivity index (χ0n) is 11.2. The first-order valence-electron chi connectivity index (χ1n) is 6.33. The molecule has 3 heteroatoms. The minimum atomic E-state index is -0.282. The highest BCUT2D eigenvalue weighted by Gasteiger charge is 2.04. The average Bonchev–Trinajstić information content (AvgIpc) is 2.37. The van der Waals surface area contributed by atoms with Crippen LogP contribution in [0.4, 0.5) is 4.39 Å². The highest BCUT2D eigenvalue weighted by molar-refractivity contribution is 5.38. The van der Waals surface area contributed by atoms with Gasteiger partial charge in [-0.15, -0.1) is 0 Å². The first-order valence-corrected chi connectivity index (χ1v) is 6.33. The molecule has 0 aliphatic carbocycles. The maximum absolute atomic E-state index is 13.5. The molecule has 0 heterocycles. The molecule has 0 aliphatic rings. The topological polar surface area (TPSA) is 29.3 Å². The Morgan fingerprint density at radius 1 is 1.39 bits per heavy atom. The zero-order valence-corrected chi connectivity index (χ0v) is 11.2. The van der Waals surface area contributed by atoms with Crippen molar-refractivity contribution < 1.29 is 4.39 Å². The minimum Gasteiger partial charge on any atom is -0.320 e. The van der Waals surface area contributed by atoms with E-state index >= 15 is 0 Å². The van der Waals surface area contributed by atoms with Gasteiger partial charge < -0.3 is 10.6 Å². The predicted molar refractivity (Wildman–Crippen MR) is 73.6 cm³/mol. The van der Waals surface area contributed by atoms with Crippen LogP contribution in [0, 0.1) is 17.7 Å². The lowest BCUT2D eigenvalue weighted by Gasteiger charge is -2.16. The molecule has 0 amide bonds. The molecule has 1 rings (SSSR count). The number of rotatable bonds is 5. The number of unbranched alkanes of at least 4 members (excludes halogenated alkanes) is 1. The van der Waals surface area contributed by atoms with Crippen LogP contribution >= 0.6 is 0 Å². The Morgan fingerprint density at radius 2 is 2.17 bits per heavy atom. The standard InChI is InChI=1S/C15H21FN2/c1-3-4-10-18(2)12-13-7-8-15(16)14(11-13)6-5-9-17/h7-8,11H,3-4,9-10,12,17H2,1-2H3. The van der Waals surface area contributed by atoms with Gasteiger partial charge in [0.2, 0.25) is 0 Å². The molecule has 0 fully saturated rings. The summed E-state index contributed by atoms with van der Waals surface area (Å²) < 4.78 is 13.5. The van der Waals surface area contributed by atoms with Gasteiger partial charge in [-0.2, -0.15) is 0 Å². The third-order valence-corrected chi connectivity index (χ3v) is 2.70. The molecule has 0 bridgehead atoms. The van der Waals surface area contributed by atoms with E-state index < -0.39 is 0 Å². The first-order chi connectivity index (χ1) is 8.67. The second-order valence-electron chi connectivity index (χ2n) is 4.41. The Balaban J connectivity index is 2.72. The second-order valence-corrected chi connectivity index (χ2v) is 4.41. The summed E-state index contributed by atoms with van der Waals surface area (Å²) in [5.41, 5.74) is 6.81. The number of benzene rings is 1. The van der Waals surface area contributed by atoms with Gasteiger partial charge in [0.25, 0.3) is 0 Å². The van der Waals surface area contributed by atoms with E-state index in [4.69, 9.17) is 5.73 Å². The van der Waals surface area contributed by atoms with Crippen molar-refractivity contribution in [1.82, 2.24) is 4.90 Å². The number of nitrogens with two attached hydrogens (primary N) is 1. The van der Waals surface area contributed by atoms with E-state index in [1.165, 1.54) is 18.9 Å². The second kappa shape index (κ2) is 7.86. The molecule has 0 saturated carbocycles. The van der Waals surface area contributed by atoms with Gasteiger partial charge in [-0.1, -0.05) is 31.3 Å². The van der Waals surface area contributed by atoms with E-state index in [0.29, 0.717) is 5.56 Å². The monoisotopic (exact) mass is 248 g/mol. The van der Waals surface area contributed by atoms with Crippen molar-refractivity contribution >= 4 is 0 Å². The third kappa shape index (κ3) is 4.87. The lowest BCUT2D eigenvalue weighted by Crippen LogP contribution is -2.19. The quantitative estimate of drug-likeness (QED) is 0.811. The fraction of sp³-hybridized carbons (Fsp3) is 0.467.